The standard InChI is InChI=1S/C17H26O2/c1-14(2)6-5-11(9-19-10-18)17-13-7-12(15(17,3)4)8-16(13,14)17/h10-13H,5-9H2,1-4H3. The molecule has 0 heterocycles. The Kier molecular flexibility index (Phi) is 1.96. The molecule has 19 heavy (non-hydrogen) atoms. The maximum Gasteiger partial charge on any atom is 0.293 e. The molecule has 0 aromatic heterocycles. The molecule has 2 heteroatoms. The largest absolute Gasteiger partial charge is 0.468 e. The Morgan fingerprint density at radius 1 is 1.26 bits per heavy atom. The summed E-state index contributed by atoms with van der Waals surface area (Å²) >= 11 is 0. The number of carbonyl (C=O) groups is 1. The van der Waals surface area contributed by atoms with Gasteiger partial charge in [0.1, 0.15) is 0 Å². The third kappa shape index (κ3) is 0.918. The molecule has 0 amide bonds. The molecule has 5 aliphatic rings. The molecular weight excluding hydrogens is 236 g/mol. The molecule has 5 atom stereocenters. The van der Waals surface area contributed by atoms with E-state index in [1.807, 2.05) is 0 Å². The zero-order chi connectivity index (χ0) is 13.7. The van der Waals surface area contributed by atoms with Crippen molar-refractivity contribution in [3.8, 4) is 0 Å². The van der Waals surface area contributed by atoms with Gasteiger partial charge in [-0.25, -0.2) is 0 Å². The summed E-state index contributed by atoms with van der Waals surface area (Å²) in [6.45, 7) is 11.3. The molecule has 106 valence electrons. The number of hydrogen-bond acceptors (Lipinski definition) is 2. The molecular formula is C17H26O2. The first-order chi connectivity index (χ1) is 8.86. The molecule has 0 radical (unpaired) electrons. The van der Waals surface area contributed by atoms with Crippen molar-refractivity contribution in [3.05, 3.63) is 0 Å². The zero-order valence-electron chi connectivity index (χ0n) is 12.7. The van der Waals surface area contributed by atoms with Crippen LogP contribution in [-0.4, -0.2) is 13.1 Å². The minimum atomic E-state index is 0.451. The third-order valence-corrected chi connectivity index (χ3v) is 8.31. The van der Waals surface area contributed by atoms with Crippen LogP contribution >= 0.6 is 0 Å². The van der Waals surface area contributed by atoms with Crippen molar-refractivity contribution in [3.63, 3.8) is 0 Å². The Balaban J connectivity index is 1.80. The van der Waals surface area contributed by atoms with E-state index >= 15 is 0 Å². The van der Waals surface area contributed by atoms with Crippen LogP contribution in [0.15, 0.2) is 0 Å². The first-order valence-electron chi connectivity index (χ1n) is 7.91. The average molecular weight is 262 g/mol. The lowest BCUT2D eigenvalue weighted by Crippen LogP contribution is -2.43. The Labute approximate surface area is 116 Å². The summed E-state index contributed by atoms with van der Waals surface area (Å²) in [6, 6.07) is 0. The first-order valence-corrected chi connectivity index (χ1v) is 7.91. The van der Waals surface area contributed by atoms with Crippen LogP contribution in [0.3, 0.4) is 0 Å². The van der Waals surface area contributed by atoms with Gasteiger partial charge in [0.15, 0.2) is 0 Å². The first kappa shape index (κ1) is 12.2. The lowest BCUT2D eigenvalue weighted by molar-refractivity contribution is -0.133. The monoisotopic (exact) mass is 262 g/mol. The Hall–Kier alpha value is -0.530. The fraction of sp³-hybridized carbons (Fsp3) is 0.941. The van der Waals surface area contributed by atoms with E-state index in [9.17, 15) is 4.79 Å². The molecule has 5 unspecified atom stereocenters. The second-order valence-corrected chi connectivity index (χ2v) is 8.80. The molecule has 2 nitrogen and oxygen atoms in total. The predicted octanol–water partition coefficient (Wildman–Crippen LogP) is 3.65. The highest BCUT2D eigenvalue weighted by Gasteiger charge is 2.95. The van der Waals surface area contributed by atoms with Gasteiger partial charge in [-0.2, -0.15) is 0 Å². The van der Waals surface area contributed by atoms with Crippen molar-refractivity contribution in [2.24, 2.45) is 39.4 Å². The number of rotatable bonds is 3. The van der Waals surface area contributed by atoms with Gasteiger partial charge in [-0.1, -0.05) is 27.7 Å². The van der Waals surface area contributed by atoms with Gasteiger partial charge < -0.3 is 4.74 Å². The summed E-state index contributed by atoms with van der Waals surface area (Å²) in [6.07, 6.45) is 5.43. The minimum absolute atomic E-state index is 0.451. The summed E-state index contributed by atoms with van der Waals surface area (Å²) in [5, 5.41) is 0. The van der Waals surface area contributed by atoms with Gasteiger partial charge >= 0.3 is 0 Å². The molecule has 0 aliphatic heterocycles. The molecule has 0 saturated heterocycles. The van der Waals surface area contributed by atoms with Crippen molar-refractivity contribution in [1.82, 2.24) is 0 Å². The SMILES string of the molecule is CC1(C)CCC(COC=O)C23C4CC(CC412)C3(C)C. The number of carbonyl (C=O) groups excluding carboxylic acids is 1. The molecule has 0 aromatic carbocycles. The van der Waals surface area contributed by atoms with E-state index in [0.29, 0.717) is 40.7 Å². The van der Waals surface area contributed by atoms with E-state index < -0.39 is 0 Å². The van der Waals surface area contributed by atoms with Gasteiger partial charge in [-0.15, -0.1) is 0 Å². The lowest BCUT2D eigenvalue weighted by atomic mass is 9.57. The van der Waals surface area contributed by atoms with Crippen LogP contribution in [0.25, 0.3) is 0 Å². The van der Waals surface area contributed by atoms with Crippen LogP contribution in [-0.2, 0) is 9.53 Å². The van der Waals surface area contributed by atoms with E-state index in [2.05, 4.69) is 27.7 Å². The summed E-state index contributed by atoms with van der Waals surface area (Å²) in [4.78, 5) is 10.6. The maximum absolute atomic E-state index is 10.6. The molecule has 2 spiro atoms. The average Bonchev–Trinajstić information content (AvgIpc) is 2.60. The smallest absolute Gasteiger partial charge is 0.293 e. The van der Waals surface area contributed by atoms with Crippen LogP contribution in [0.1, 0.15) is 53.4 Å². The molecule has 5 saturated carbocycles. The Morgan fingerprint density at radius 2 is 2.00 bits per heavy atom. The normalized spacial score (nSPS) is 54.6. The molecule has 5 rings (SSSR count). The highest BCUT2D eigenvalue weighted by atomic mass is 16.5. The second kappa shape index (κ2) is 3.04. The van der Waals surface area contributed by atoms with Gasteiger partial charge in [0, 0.05) is 5.92 Å². The van der Waals surface area contributed by atoms with E-state index in [-0.39, 0.29) is 0 Å². The molecule has 0 N–H and O–H groups in total. The van der Waals surface area contributed by atoms with Crippen LogP contribution < -0.4 is 0 Å². The van der Waals surface area contributed by atoms with Gasteiger partial charge in [-0.3, -0.25) is 4.79 Å². The van der Waals surface area contributed by atoms with Gasteiger partial charge in [0.25, 0.3) is 6.47 Å². The Bertz CT molecular complexity index is 452. The van der Waals surface area contributed by atoms with Crippen molar-refractivity contribution in [2.75, 3.05) is 6.61 Å². The minimum Gasteiger partial charge on any atom is -0.468 e. The lowest BCUT2D eigenvalue weighted by Gasteiger charge is -2.48. The van der Waals surface area contributed by atoms with Crippen molar-refractivity contribution < 1.29 is 9.53 Å². The van der Waals surface area contributed by atoms with Crippen molar-refractivity contribution in [2.45, 2.75) is 53.4 Å². The van der Waals surface area contributed by atoms with Gasteiger partial charge in [-0.05, 0) is 59.2 Å². The summed E-state index contributed by atoms with van der Waals surface area (Å²) in [7, 11) is 0. The van der Waals surface area contributed by atoms with Crippen molar-refractivity contribution in [1.29, 1.82) is 0 Å². The van der Waals surface area contributed by atoms with Crippen molar-refractivity contribution >= 4 is 6.47 Å². The predicted molar refractivity (Wildman–Crippen MR) is 73.4 cm³/mol. The fourth-order valence-corrected chi connectivity index (χ4v) is 7.85. The van der Waals surface area contributed by atoms with Crippen LogP contribution in [0.5, 0.6) is 0 Å². The van der Waals surface area contributed by atoms with E-state index in [1.165, 1.54) is 25.7 Å². The summed E-state index contributed by atoms with van der Waals surface area (Å²) in [5.41, 5.74) is 1.99. The van der Waals surface area contributed by atoms with E-state index in [1.54, 1.807) is 0 Å². The highest BCUT2D eigenvalue weighted by molar-refractivity contribution is 5.43. The third-order valence-electron chi connectivity index (χ3n) is 8.31. The zero-order valence-corrected chi connectivity index (χ0v) is 12.7. The number of ether oxygens (including phenoxy) is 1. The second-order valence-electron chi connectivity index (χ2n) is 8.80. The molecule has 5 fully saturated rings. The summed E-state index contributed by atoms with van der Waals surface area (Å²) < 4.78 is 5.22. The van der Waals surface area contributed by atoms with E-state index in [0.717, 1.165) is 11.8 Å². The highest BCUT2D eigenvalue weighted by Crippen LogP contribution is 3.00. The quantitative estimate of drug-likeness (QED) is 0.726. The molecule has 5 aliphatic carbocycles. The van der Waals surface area contributed by atoms with Gasteiger partial charge in [0.2, 0.25) is 0 Å². The summed E-state index contributed by atoms with van der Waals surface area (Å²) in [5.74, 6) is 2.43. The van der Waals surface area contributed by atoms with Crippen LogP contribution in [0.4, 0.5) is 0 Å². The fourth-order valence-electron chi connectivity index (χ4n) is 7.85. The topological polar surface area (TPSA) is 26.3 Å². The Morgan fingerprint density at radius 3 is 2.63 bits per heavy atom. The maximum atomic E-state index is 10.6. The number of hydrogen-bond donors (Lipinski definition) is 0. The molecule has 0 aromatic rings. The van der Waals surface area contributed by atoms with Gasteiger partial charge in [0.05, 0.1) is 6.61 Å². The van der Waals surface area contributed by atoms with Crippen LogP contribution in [0, 0.1) is 39.4 Å². The van der Waals surface area contributed by atoms with E-state index in [4.69, 9.17) is 4.74 Å². The molecule has 4 bridgehead atoms. The van der Waals surface area contributed by atoms with Crippen LogP contribution in [0.2, 0.25) is 0 Å².